The van der Waals surface area contributed by atoms with Crippen molar-refractivity contribution in [3.8, 4) is 17.0 Å². The lowest BCUT2D eigenvalue weighted by molar-refractivity contribution is 0.102. The van der Waals surface area contributed by atoms with Gasteiger partial charge in [-0.1, -0.05) is 19.4 Å². The Bertz CT molecular complexity index is 1460. The van der Waals surface area contributed by atoms with Crippen LogP contribution in [0.1, 0.15) is 54.2 Å². The van der Waals surface area contributed by atoms with Crippen LogP contribution in [0.25, 0.3) is 11.3 Å². The normalized spacial score (nSPS) is 20.9. The van der Waals surface area contributed by atoms with Gasteiger partial charge in [0.2, 0.25) is 0 Å². The molecule has 3 N–H and O–H groups in total. The minimum absolute atomic E-state index is 0.0332. The number of amides is 1. The van der Waals surface area contributed by atoms with Gasteiger partial charge in [-0.3, -0.25) is 9.78 Å². The lowest BCUT2D eigenvalue weighted by Gasteiger charge is -2.40. The molecule has 0 radical (unpaired) electrons. The van der Waals surface area contributed by atoms with Crippen LogP contribution in [0.15, 0.2) is 61.4 Å². The fourth-order valence-corrected chi connectivity index (χ4v) is 5.56. The lowest BCUT2D eigenvalue weighted by atomic mass is 9.71. The number of nitrogens with zero attached hydrogens (tertiary/aromatic N) is 5. The van der Waals surface area contributed by atoms with Gasteiger partial charge < -0.3 is 15.8 Å². The molecule has 202 valence electrons. The molecule has 4 aromatic rings. The predicted octanol–water partition coefficient (Wildman–Crippen LogP) is 4.75. The number of pyridine rings is 2. The number of anilines is 1. The quantitative estimate of drug-likeness (QED) is 0.352. The van der Waals surface area contributed by atoms with Gasteiger partial charge in [-0.15, -0.1) is 0 Å². The Labute approximate surface area is 224 Å². The number of benzene rings is 1. The molecular formula is C28H29F2N7O2. The van der Waals surface area contributed by atoms with Gasteiger partial charge in [-0.2, -0.15) is 5.10 Å². The van der Waals surface area contributed by atoms with Crippen molar-refractivity contribution in [1.82, 2.24) is 24.7 Å². The van der Waals surface area contributed by atoms with Gasteiger partial charge in [0.15, 0.2) is 0 Å². The first kappa shape index (κ1) is 26.4. The summed E-state index contributed by atoms with van der Waals surface area (Å²) in [5, 5.41) is 7.19. The molecule has 0 saturated heterocycles. The summed E-state index contributed by atoms with van der Waals surface area (Å²) in [4.78, 5) is 25.7. The number of halogens is 2. The first-order valence-electron chi connectivity index (χ1n) is 12.8. The van der Waals surface area contributed by atoms with Gasteiger partial charge in [0.1, 0.15) is 41.4 Å². The number of rotatable bonds is 7. The van der Waals surface area contributed by atoms with Crippen molar-refractivity contribution in [1.29, 1.82) is 0 Å². The zero-order valence-corrected chi connectivity index (χ0v) is 21.6. The van der Waals surface area contributed by atoms with E-state index in [-0.39, 0.29) is 46.6 Å². The van der Waals surface area contributed by atoms with E-state index < -0.39 is 17.5 Å². The van der Waals surface area contributed by atoms with E-state index in [4.69, 9.17) is 10.5 Å². The van der Waals surface area contributed by atoms with E-state index in [0.717, 1.165) is 24.5 Å². The van der Waals surface area contributed by atoms with Crippen LogP contribution in [0.3, 0.4) is 0 Å². The first-order valence-corrected chi connectivity index (χ1v) is 12.8. The van der Waals surface area contributed by atoms with Crippen LogP contribution in [-0.4, -0.2) is 43.8 Å². The van der Waals surface area contributed by atoms with E-state index in [1.165, 1.54) is 37.7 Å². The lowest BCUT2D eigenvalue weighted by Crippen LogP contribution is -2.43. The summed E-state index contributed by atoms with van der Waals surface area (Å²) < 4.78 is 36.4. The van der Waals surface area contributed by atoms with E-state index in [9.17, 15) is 13.6 Å². The number of nitrogens with one attached hydrogen (secondary N) is 1. The number of aromatic nitrogens is 5. The Hall–Kier alpha value is -4.25. The second-order valence-corrected chi connectivity index (χ2v) is 9.63. The fraction of sp³-hybridized carbons (Fsp3) is 0.321. The van der Waals surface area contributed by atoms with Crippen molar-refractivity contribution in [2.45, 2.75) is 44.2 Å². The summed E-state index contributed by atoms with van der Waals surface area (Å²) in [6.45, 7) is 2.13. The molecule has 1 fully saturated rings. The summed E-state index contributed by atoms with van der Waals surface area (Å²) in [5.74, 6) is -1.63. The molecule has 0 aliphatic heterocycles. The third kappa shape index (κ3) is 5.22. The second-order valence-electron chi connectivity index (χ2n) is 9.63. The SMILES string of the molecule is CCC1CC(c2ccncc2NC(=O)c2ccc(F)c(-c3c(F)cccc3OC)n2)CC(N)C1n1cncn1. The minimum atomic E-state index is -0.777. The Morgan fingerprint density at radius 2 is 2.00 bits per heavy atom. The third-order valence-corrected chi connectivity index (χ3v) is 7.39. The van der Waals surface area contributed by atoms with E-state index in [2.05, 4.69) is 32.3 Å². The van der Waals surface area contributed by atoms with Crippen LogP contribution in [-0.2, 0) is 0 Å². The zero-order chi connectivity index (χ0) is 27.5. The third-order valence-electron chi connectivity index (χ3n) is 7.39. The highest BCUT2D eigenvalue weighted by molar-refractivity contribution is 6.03. The molecule has 4 unspecified atom stereocenters. The standard InChI is InChI=1S/C28H29F2N7O2/c1-3-16-11-17(12-21(31)27(16)37-15-33-14-34-37)18-9-10-32-13-23(18)36-28(38)22-8-7-20(30)26(35-22)25-19(29)5-4-6-24(25)39-2/h4-10,13-17,21,27H,3,11-12,31H2,1-2H3,(H,36,38). The summed E-state index contributed by atoms with van der Waals surface area (Å²) in [6, 6.07) is 8.22. The van der Waals surface area contributed by atoms with Crippen LogP contribution in [0.4, 0.5) is 14.5 Å². The average Bonchev–Trinajstić information content (AvgIpc) is 3.47. The van der Waals surface area contributed by atoms with Gasteiger partial charge in [0, 0.05) is 12.2 Å². The van der Waals surface area contributed by atoms with Gasteiger partial charge in [-0.05, 0) is 60.6 Å². The molecule has 1 aliphatic carbocycles. The van der Waals surface area contributed by atoms with Crippen molar-refractivity contribution in [3.05, 3.63) is 84.3 Å². The Kier molecular flexibility index (Phi) is 7.60. The highest BCUT2D eigenvalue weighted by Crippen LogP contribution is 2.44. The van der Waals surface area contributed by atoms with E-state index in [1.54, 1.807) is 18.7 Å². The number of hydrogen-bond acceptors (Lipinski definition) is 7. The number of nitrogens with two attached hydrogens (primary N) is 1. The monoisotopic (exact) mass is 533 g/mol. The maximum Gasteiger partial charge on any atom is 0.274 e. The van der Waals surface area contributed by atoms with Crippen molar-refractivity contribution in [2.24, 2.45) is 11.7 Å². The molecule has 1 aromatic carbocycles. The Balaban J connectivity index is 1.41. The smallest absolute Gasteiger partial charge is 0.274 e. The van der Waals surface area contributed by atoms with E-state index in [0.29, 0.717) is 12.1 Å². The van der Waals surface area contributed by atoms with Gasteiger partial charge in [0.05, 0.1) is 30.6 Å². The second kappa shape index (κ2) is 11.2. The molecular weight excluding hydrogens is 504 g/mol. The van der Waals surface area contributed by atoms with Gasteiger partial charge in [0.25, 0.3) is 5.91 Å². The minimum Gasteiger partial charge on any atom is -0.496 e. The molecule has 0 spiro atoms. The molecule has 4 atom stereocenters. The summed E-state index contributed by atoms with van der Waals surface area (Å²) in [7, 11) is 1.35. The van der Waals surface area contributed by atoms with Crippen LogP contribution >= 0.6 is 0 Å². The highest BCUT2D eigenvalue weighted by Gasteiger charge is 2.38. The summed E-state index contributed by atoms with van der Waals surface area (Å²) >= 11 is 0. The molecule has 3 heterocycles. The maximum atomic E-state index is 14.7. The molecule has 3 aromatic heterocycles. The topological polar surface area (TPSA) is 121 Å². The molecule has 1 amide bonds. The fourth-order valence-electron chi connectivity index (χ4n) is 5.56. The number of carbonyl (C=O) groups is 1. The van der Waals surface area contributed by atoms with Gasteiger partial charge in [-0.25, -0.2) is 23.4 Å². The Morgan fingerprint density at radius 1 is 1.15 bits per heavy atom. The van der Waals surface area contributed by atoms with E-state index in [1.807, 2.05) is 10.7 Å². The van der Waals surface area contributed by atoms with Crippen LogP contribution in [0, 0.1) is 17.6 Å². The van der Waals surface area contributed by atoms with Crippen LogP contribution in [0.2, 0.25) is 0 Å². The predicted molar refractivity (Wildman–Crippen MR) is 141 cm³/mol. The summed E-state index contributed by atoms with van der Waals surface area (Å²) in [6.07, 6.45) is 8.90. The number of carbonyl (C=O) groups excluding carboxylic acids is 1. The molecule has 1 saturated carbocycles. The molecule has 5 rings (SSSR count). The highest BCUT2D eigenvalue weighted by atomic mass is 19.1. The average molecular weight is 534 g/mol. The van der Waals surface area contributed by atoms with Crippen molar-refractivity contribution in [2.75, 3.05) is 12.4 Å². The molecule has 1 aliphatic rings. The zero-order valence-electron chi connectivity index (χ0n) is 21.6. The molecule has 0 bridgehead atoms. The number of methoxy groups -OCH3 is 1. The number of hydrogen-bond donors (Lipinski definition) is 2. The largest absolute Gasteiger partial charge is 0.496 e. The van der Waals surface area contributed by atoms with Crippen molar-refractivity contribution >= 4 is 11.6 Å². The molecule has 9 nitrogen and oxygen atoms in total. The van der Waals surface area contributed by atoms with Crippen LogP contribution < -0.4 is 15.8 Å². The summed E-state index contributed by atoms with van der Waals surface area (Å²) in [5.41, 5.74) is 7.53. The molecule has 39 heavy (non-hydrogen) atoms. The van der Waals surface area contributed by atoms with Crippen LogP contribution in [0.5, 0.6) is 5.75 Å². The maximum absolute atomic E-state index is 14.7. The van der Waals surface area contributed by atoms with Crippen molar-refractivity contribution < 1.29 is 18.3 Å². The molecule has 11 heteroatoms. The van der Waals surface area contributed by atoms with E-state index >= 15 is 0 Å². The van der Waals surface area contributed by atoms with Gasteiger partial charge >= 0.3 is 0 Å². The van der Waals surface area contributed by atoms with Crippen molar-refractivity contribution in [3.63, 3.8) is 0 Å². The first-order chi connectivity index (χ1) is 18.9. The number of ether oxygens (including phenoxy) is 1. The Morgan fingerprint density at radius 3 is 2.74 bits per heavy atom.